The van der Waals surface area contributed by atoms with E-state index >= 15 is 0 Å². The third kappa shape index (κ3) is 1.47. The maximum Gasteiger partial charge on any atom is 0.168 e. The Morgan fingerprint density at radius 1 is 1.19 bits per heavy atom. The summed E-state index contributed by atoms with van der Waals surface area (Å²) in [7, 11) is 0. The van der Waals surface area contributed by atoms with Crippen LogP contribution < -0.4 is 0 Å². The van der Waals surface area contributed by atoms with Crippen molar-refractivity contribution in [2.75, 3.05) is 0 Å². The Morgan fingerprint density at radius 3 is 2.75 bits per heavy atom. The van der Waals surface area contributed by atoms with E-state index in [-0.39, 0.29) is 5.92 Å². The van der Waals surface area contributed by atoms with Gasteiger partial charge in [-0.2, -0.15) is 0 Å². The van der Waals surface area contributed by atoms with Crippen LogP contribution in [0.5, 0.6) is 0 Å². The first-order valence-electron chi connectivity index (χ1n) is 5.59. The quantitative estimate of drug-likeness (QED) is 0.813. The maximum atomic E-state index is 12.0. The first-order chi connectivity index (χ1) is 7.84. The molecule has 1 aromatic heterocycles. The summed E-state index contributed by atoms with van der Waals surface area (Å²) in [6.07, 6.45) is 3.56. The Morgan fingerprint density at radius 2 is 2.00 bits per heavy atom. The third-order valence-electron chi connectivity index (χ3n) is 3.24. The number of aromatic amines is 1. The van der Waals surface area contributed by atoms with Gasteiger partial charge in [-0.3, -0.25) is 4.79 Å². The topological polar surface area (TPSA) is 32.9 Å². The van der Waals surface area contributed by atoms with Crippen molar-refractivity contribution in [3.05, 3.63) is 59.4 Å². The lowest BCUT2D eigenvalue weighted by Crippen LogP contribution is -2.12. The zero-order valence-corrected chi connectivity index (χ0v) is 8.94. The lowest BCUT2D eigenvalue weighted by Gasteiger charge is -2.07. The molecular weight excluding hydrogens is 198 g/mol. The van der Waals surface area contributed by atoms with Gasteiger partial charge in [0, 0.05) is 23.4 Å². The van der Waals surface area contributed by atoms with E-state index < -0.39 is 0 Å². The molecule has 0 radical (unpaired) electrons. The van der Waals surface area contributed by atoms with E-state index in [9.17, 15) is 4.79 Å². The largest absolute Gasteiger partial charge is 0.364 e. The van der Waals surface area contributed by atoms with Crippen molar-refractivity contribution in [3.8, 4) is 0 Å². The monoisotopic (exact) mass is 211 g/mol. The summed E-state index contributed by atoms with van der Waals surface area (Å²) in [5, 5.41) is 0. The lowest BCUT2D eigenvalue weighted by molar-refractivity contribution is 0.0936. The van der Waals surface area contributed by atoms with Gasteiger partial charge >= 0.3 is 0 Å². The van der Waals surface area contributed by atoms with E-state index in [1.54, 1.807) is 0 Å². The van der Waals surface area contributed by atoms with Crippen LogP contribution in [0.15, 0.2) is 42.6 Å². The molecule has 0 aliphatic heterocycles. The average molecular weight is 211 g/mol. The van der Waals surface area contributed by atoms with Gasteiger partial charge in [-0.05, 0) is 24.5 Å². The number of carbonyl (C=O) groups excluding carboxylic acids is 1. The minimum Gasteiger partial charge on any atom is -0.364 e. The first-order valence-corrected chi connectivity index (χ1v) is 5.59. The summed E-state index contributed by atoms with van der Waals surface area (Å²) in [6.45, 7) is 0. The SMILES string of the molecule is O=C1c2cc[nH]c2CC1Cc1ccccc1. The number of nitrogens with one attached hydrogen (secondary N) is 1. The minimum atomic E-state index is 0.129. The molecule has 0 bridgehead atoms. The van der Waals surface area contributed by atoms with Crippen molar-refractivity contribution < 1.29 is 4.79 Å². The van der Waals surface area contributed by atoms with E-state index in [1.807, 2.05) is 30.5 Å². The maximum absolute atomic E-state index is 12.0. The molecule has 0 saturated carbocycles. The molecule has 0 saturated heterocycles. The van der Waals surface area contributed by atoms with Crippen LogP contribution >= 0.6 is 0 Å². The lowest BCUT2D eigenvalue weighted by atomic mass is 9.96. The molecular formula is C14H13NO. The van der Waals surface area contributed by atoms with E-state index in [1.165, 1.54) is 5.56 Å². The molecule has 1 heterocycles. The summed E-state index contributed by atoms with van der Waals surface area (Å²) >= 11 is 0. The van der Waals surface area contributed by atoms with Crippen LogP contribution in [-0.4, -0.2) is 10.8 Å². The van der Waals surface area contributed by atoms with Gasteiger partial charge in [0.05, 0.1) is 0 Å². The number of aromatic nitrogens is 1. The number of carbonyl (C=O) groups is 1. The fourth-order valence-electron chi connectivity index (χ4n) is 2.43. The summed E-state index contributed by atoms with van der Waals surface area (Å²) in [5.41, 5.74) is 3.23. The second-order valence-corrected chi connectivity index (χ2v) is 4.32. The van der Waals surface area contributed by atoms with Crippen molar-refractivity contribution >= 4 is 5.78 Å². The van der Waals surface area contributed by atoms with Crippen LogP contribution in [0.4, 0.5) is 0 Å². The zero-order chi connectivity index (χ0) is 11.0. The van der Waals surface area contributed by atoms with E-state index in [0.29, 0.717) is 5.78 Å². The molecule has 80 valence electrons. The number of rotatable bonds is 2. The van der Waals surface area contributed by atoms with E-state index in [4.69, 9.17) is 0 Å². The Kier molecular flexibility index (Phi) is 2.13. The van der Waals surface area contributed by atoms with Crippen molar-refractivity contribution in [1.82, 2.24) is 4.98 Å². The van der Waals surface area contributed by atoms with Gasteiger partial charge in [-0.25, -0.2) is 0 Å². The highest BCUT2D eigenvalue weighted by Gasteiger charge is 2.30. The first kappa shape index (κ1) is 9.40. The fraction of sp³-hybridized carbons (Fsp3) is 0.214. The number of H-pyrrole nitrogens is 1. The average Bonchev–Trinajstić information content (AvgIpc) is 2.86. The summed E-state index contributed by atoms with van der Waals surface area (Å²) in [6, 6.07) is 12.1. The molecule has 2 heteroatoms. The number of fused-ring (bicyclic) bond motifs is 1. The molecule has 1 aliphatic rings. The van der Waals surface area contributed by atoms with Gasteiger partial charge < -0.3 is 4.98 Å². The number of benzene rings is 1. The number of ketones is 1. The summed E-state index contributed by atoms with van der Waals surface area (Å²) < 4.78 is 0. The van der Waals surface area contributed by atoms with Crippen LogP contribution in [-0.2, 0) is 12.8 Å². The van der Waals surface area contributed by atoms with Crippen LogP contribution in [0.25, 0.3) is 0 Å². The Balaban J connectivity index is 1.80. The molecule has 0 fully saturated rings. The summed E-state index contributed by atoms with van der Waals surface area (Å²) in [5.74, 6) is 0.421. The van der Waals surface area contributed by atoms with Crippen molar-refractivity contribution in [2.24, 2.45) is 5.92 Å². The van der Waals surface area contributed by atoms with E-state index in [0.717, 1.165) is 24.1 Å². The van der Waals surface area contributed by atoms with Gasteiger partial charge in [0.25, 0.3) is 0 Å². The molecule has 0 amide bonds. The predicted octanol–water partition coefficient (Wildman–Crippen LogP) is 2.61. The van der Waals surface area contributed by atoms with Crippen LogP contribution in [0.2, 0.25) is 0 Å². The zero-order valence-electron chi connectivity index (χ0n) is 8.94. The molecule has 0 spiro atoms. The van der Waals surface area contributed by atoms with Gasteiger partial charge in [0.1, 0.15) is 0 Å². The number of Topliss-reactive ketones (excluding diaryl/α,β-unsaturated/α-hetero) is 1. The van der Waals surface area contributed by atoms with Crippen LogP contribution in [0, 0.1) is 5.92 Å². The smallest absolute Gasteiger partial charge is 0.168 e. The standard InChI is InChI=1S/C14H13NO/c16-14-11(8-10-4-2-1-3-5-10)9-13-12(14)6-7-15-13/h1-7,11,15H,8-9H2. The molecule has 1 atom stereocenters. The highest BCUT2D eigenvalue weighted by molar-refractivity contribution is 6.02. The minimum absolute atomic E-state index is 0.129. The van der Waals surface area contributed by atoms with Crippen molar-refractivity contribution in [1.29, 1.82) is 0 Å². The van der Waals surface area contributed by atoms with Crippen molar-refractivity contribution in [2.45, 2.75) is 12.8 Å². The molecule has 16 heavy (non-hydrogen) atoms. The highest BCUT2D eigenvalue weighted by atomic mass is 16.1. The Labute approximate surface area is 94.3 Å². The molecule has 1 aliphatic carbocycles. The highest BCUT2D eigenvalue weighted by Crippen LogP contribution is 2.28. The molecule has 2 aromatic rings. The summed E-state index contributed by atoms with van der Waals surface area (Å²) in [4.78, 5) is 15.2. The normalized spacial score (nSPS) is 18.8. The third-order valence-corrected chi connectivity index (χ3v) is 3.24. The molecule has 3 rings (SSSR count). The Bertz CT molecular complexity index is 513. The van der Waals surface area contributed by atoms with E-state index in [2.05, 4.69) is 17.1 Å². The number of hydrogen-bond acceptors (Lipinski definition) is 1. The van der Waals surface area contributed by atoms with Crippen LogP contribution in [0.1, 0.15) is 21.6 Å². The van der Waals surface area contributed by atoms with Crippen molar-refractivity contribution in [3.63, 3.8) is 0 Å². The predicted molar refractivity (Wildman–Crippen MR) is 62.5 cm³/mol. The molecule has 1 aromatic carbocycles. The molecule has 1 N–H and O–H groups in total. The fourth-order valence-corrected chi connectivity index (χ4v) is 2.43. The van der Waals surface area contributed by atoms with Gasteiger partial charge in [-0.1, -0.05) is 30.3 Å². The molecule has 1 unspecified atom stereocenters. The van der Waals surface area contributed by atoms with Gasteiger partial charge in [0.2, 0.25) is 0 Å². The molecule has 2 nitrogen and oxygen atoms in total. The van der Waals surface area contributed by atoms with Gasteiger partial charge in [-0.15, -0.1) is 0 Å². The number of hydrogen-bond donors (Lipinski definition) is 1. The second-order valence-electron chi connectivity index (χ2n) is 4.32. The van der Waals surface area contributed by atoms with Gasteiger partial charge in [0.15, 0.2) is 5.78 Å². The second kappa shape index (κ2) is 3.63. The van der Waals surface area contributed by atoms with Crippen LogP contribution in [0.3, 0.4) is 0 Å². The Hall–Kier alpha value is -1.83.